The van der Waals surface area contributed by atoms with Gasteiger partial charge in [-0.25, -0.2) is 0 Å². The second-order valence-corrected chi connectivity index (χ2v) is 6.82. The predicted octanol–water partition coefficient (Wildman–Crippen LogP) is 3.58. The molecule has 1 saturated heterocycles. The molecule has 0 radical (unpaired) electrons. The van der Waals surface area contributed by atoms with Gasteiger partial charge in [0.25, 0.3) is 5.91 Å². The Morgan fingerprint density at radius 3 is 2.55 bits per heavy atom. The standard InChI is InChI=1S/C22H20N4O3/c1-16-4-6-17(7-5-16)8-9-20-24-18(15-23)22(29-20)26-12-10-25(11-13-26)21(27)19-3-2-14-28-19/h2-9,14H,10-13H2,1H3/b9-8+. The van der Waals surface area contributed by atoms with Gasteiger partial charge < -0.3 is 18.6 Å². The normalized spacial score (nSPS) is 14.3. The van der Waals surface area contributed by atoms with Crippen molar-refractivity contribution in [3.05, 3.63) is 71.1 Å². The zero-order chi connectivity index (χ0) is 20.2. The van der Waals surface area contributed by atoms with E-state index in [0.717, 1.165) is 5.56 Å². The number of furan rings is 1. The van der Waals surface area contributed by atoms with Crippen molar-refractivity contribution in [1.29, 1.82) is 5.26 Å². The third-order valence-electron chi connectivity index (χ3n) is 4.81. The van der Waals surface area contributed by atoms with Gasteiger partial charge in [0.2, 0.25) is 17.5 Å². The average Bonchev–Trinajstić information content (AvgIpc) is 3.43. The van der Waals surface area contributed by atoms with E-state index in [4.69, 9.17) is 8.83 Å². The van der Waals surface area contributed by atoms with E-state index in [-0.39, 0.29) is 11.6 Å². The fourth-order valence-corrected chi connectivity index (χ4v) is 3.20. The molecule has 3 aromatic rings. The molecule has 1 aliphatic heterocycles. The minimum absolute atomic E-state index is 0.130. The fourth-order valence-electron chi connectivity index (χ4n) is 3.20. The number of benzene rings is 1. The summed E-state index contributed by atoms with van der Waals surface area (Å²) in [5.74, 6) is 1.03. The molecule has 3 heterocycles. The first-order valence-corrected chi connectivity index (χ1v) is 9.37. The summed E-state index contributed by atoms with van der Waals surface area (Å²) in [7, 11) is 0. The Labute approximate surface area is 168 Å². The number of aromatic nitrogens is 1. The number of piperazine rings is 1. The number of amides is 1. The minimum atomic E-state index is -0.130. The lowest BCUT2D eigenvalue weighted by atomic mass is 10.1. The molecule has 29 heavy (non-hydrogen) atoms. The second-order valence-electron chi connectivity index (χ2n) is 6.82. The lowest BCUT2D eigenvalue weighted by Crippen LogP contribution is -2.48. The number of anilines is 1. The van der Waals surface area contributed by atoms with E-state index in [1.54, 1.807) is 23.1 Å². The van der Waals surface area contributed by atoms with Gasteiger partial charge in [-0.2, -0.15) is 10.2 Å². The number of oxazole rings is 1. The minimum Gasteiger partial charge on any atom is -0.459 e. The highest BCUT2D eigenvalue weighted by molar-refractivity contribution is 5.91. The number of carbonyl (C=O) groups is 1. The SMILES string of the molecule is Cc1ccc(/C=C/c2nc(C#N)c(N3CCN(C(=O)c4ccco4)CC3)o2)cc1. The molecule has 0 unspecified atom stereocenters. The van der Waals surface area contributed by atoms with Crippen LogP contribution in [0.5, 0.6) is 0 Å². The van der Waals surface area contributed by atoms with Crippen molar-refractivity contribution < 1.29 is 13.6 Å². The van der Waals surface area contributed by atoms with Crippen molar-refractivity contribution in [2.45, 2.75) is 6.92 Å². The molecule has 1 aromatic carbocycles. The molecule has 146 valence electrons. The summed E-state index contributed by atoms with van der Waals surface area (Å²) in [6, 6.07) is 13.5. The molecule has 2 aromatic heterocycles. The molecular weight excluding hydrogens is 368 g/mol. The van der Waals surface area contributed by atoms with Crippen LogP contribution >= 0.6 is 0 Å². The van der Waals surface area contributed by atoms with E-state index >= 15 is 0 Å². The molecule has 1 fully saturated rings. The highest BCUT2D eigenvalue weighted by atomic mass is 16.4. The largest absolute Gasteiger partial charge is 0.459 e. The van der Waals surface area contributed by atoms with Crippen LogP contribution in [0, 0.1) is 18.3 Å². The summed E-state index contributed by atoms with van der Waals surface area (Å²) in [6.07, 6.45) is 5.14. The van der Waals surface area contributed by atoms with E-state index < -0.39 is 0 Å². The molecule has 0 bridgehead atoms. The monoisotopic (exact) mass is 388 g/mol. The van der Waals surface area contributed by atoms with Gasteiger partial charge in [-0.05, 0) is 30.7 Å². The van der Waals surface area contributed by atoms with Crippen molar-refractivity contribution in [1.82, 2.24) is 9.88 Å². The van der Waals surface area contributed by atoms with Crippen LogP contribution in [0.3, 0.4) is 0 Å². The Hall–Kier alpha value is -3.79. The van der Waals surface area contributed by atoms with Gasteiger partial charge >= 0.3 is 0 Å². The zero-order valence-electron chi connectivity index (χ0n) is 16.0. The van der Waals surface area contributed by atoms with E-state index in [0.29, 0.717) is 43.7 Å². The number of aryl methyl sites for hydroxylation is 1. The maximum Gasteiger partial charge on any atom is 0.289 e. The van der Waals surface area contributed by atoms with Crippen LogP contribution < -0.4 is 4.90 Å². The Morgan fingerprint density at radius 2 is 1.90 bits per heavy atom. The third-order valence-corrected chi connectivity index (χ3v) is 4.81. The molecule has 1 amide bonds. The van der Waals surface area contributed by atoms with Crippen LogP contribution in [0.2, 0.25) is 0 Å². The number of hydrogen-bond donors (Lipinski definition) is 0. The van der Waals surface area contributed by atoms with Crippen molar-refractivity contribution in [3.8, 4) is 6.07 Å². The van der Waals surface area contributed by atoms with E-state index in [1.165, 1.54) is 11.8 Å². The predicted molar refractivity (Wildman–Crippen MR) is 108 cm³/mol. The number of carbonyl (C=O) groups excluding carboxylic acids is 1. The maximum absolute atomic E-state index is 12.4. The molecular formula is C22H20N4O3. The topological polar surface area (TPSA) is 86.5 Å². The molecule has 7 heteroatoms. The first-order chi connectivity index (χ1) is 14.1. The summed E-state index contributed by atoms with van der Waals surface area (Å²) in [4.78, 5) is 20.3. The van der Waals surface area contributed by atoms with Crippen molar-refractivity contribution in [2.24, 2.45) is 0 Å². The van der Waals surface area contributed by atoms with Crippen LogP contribution in [0.25, 0.3) is 12.2 Å². The molecule has 0 atom stereocenters. The number of hydrogen-bond acceptors (Lipinski definition) is 6. The van der Waals surface area contributed by atoms with Crippen molar-refractivity contribution in [3.63, 3.8) is 0 Å². The van der Waals surface area contributed by atoms with Crippen LogP contribution in [-0.4, -0.2) is 42.0 Å². The van der Waals surface area contributed by atoms with Crippen molar-refractivity contribution >= 4 is 23.9 Å². The Morgan fingerprint density at radius 1 is 1.14 bits per heavy atom. The molecule has 7 nitrogen and oxygen atoms in total. The summed E-state index contributed by atoms with van der Waals surface area (Å²) in [5, 5.41) is 9.44. The van der Waals surface area contributed by atoms with Gasteiger partial charge in [0.15, 0.2) is 5.76 Å². The quantitative estimate of drug-likeness (QED) is 0.679. The highest BCUT2D eigenvalue weighted by Gasteiger charge is 2.27. The lowest BCUT2D eigenvalue weighted by molar-refractivity contribution is 0.0713. The summed E-state index contributed by atoms with van der Waals surface area (Å²) in [6.45, 7) is 4.17. The third kappa shape index (κ3) is 4.06. The lowest BCUT2D eigenvalue weighted by Gasteiger charge is -2.34. The van der Waals surface area contributed by atoms with E-state index in [1.807, 2.05) is 42.2 Å². The summed E-state index contributed by atoms with van der Waals surface area (Å²) in [5.41, 5.74) is 2.47. The van der Waals surface area contributed by atoms with Gasteiger partial charge in [-0.1, -0.05) is 29.8 Å². The first-order valence-electron chi connectivity index (χ1n) is 9.37. The van der Waals surface area contributed by atoms with Gasteiger partial charge in [0.05, 0.1) is 6.26 Å². The highest BCUT2D eigenvalue weighted by Crippen LogP contribution is 2.24. The molecule has 0 aliphatic carbocycles. The molecule has 0 saturated carbocycles. The fraction of sp³-hybridized carbons (Fsp3) is 0.227. The molecule has 1 aliphatic rings. The molecule has 4 rings (SSSR count). The Bertz CT molecular complexity index is 1050. The number of nitrogens with zero attached hydrogens (tertiary/aromatic N) is 4. The van der Waals surface area contributed by atoms with Crippen molar-refractivity contribution in [2.75, 3.05) is 31.1 Å². The zero-order valence-corrected chi connectivity index (χ0v) is 16.0. The summed E-state index contributed by atoms with van der Waals surface area (Å²) < 4.78 is 11.0. The Balaban J connectivity index is 1.44. The van der Waals surface area contributed by atoms with Gasteiger partial charge in [0.1, 0.15) is 6.07 Å². The van der Waals surface area contributed by atoms with Crippen LogP contribution in [-0.2, 0) is 0 Å². The second kappa shape index (κ2) is 8.07. The van der Waals surface area contributed by atoms with Gasteiger partial charge in [0, 0.05) is 32.3 Å². The van der Waals surface area contributed by atoms with Gasteiger partial charge in [-0.15, -0.1) is 0 Å². The smallest absolute Gasteiger partial charge is 0.289 e. The molecule has 0 N–H and O–H groups in total. The average molecular weight is 388 g/mol. The van der Waals surface area contributed by atoms with E-state index in [9.17, 15) is 10.1 Å². The Kier molecular flexibility index (Phi) is 5.16. The van der Waals surface area contributed by atoms with Crippen LogP contribution in [0.4, 0.5) is 5.88 Å². The number of nitriles is 1. The molecule has 0 spiro atoms. The maximum atomic E-state index is 12.4. The van der Waals surface area contributed by atoms with Crippen LogP contribution in [0.15, 0.2) is 51.5 Å². The summed E-state index contributed by atoms with van der Waals surface area (Å²) >= 11 is 0. The van der Waals surface area contributed by atoms with E-state index in [2.05, 4.69) is 11.1 Å². The van der Waals surface area contributed by atoms with Gasteiger partial charge in [-0.3, -0.25) is 4.79 Å². The van der Waals surface area contributed by atoms with Crippen LogP contribution in [0.1, 0.15) is 33.3 Å². The number of rotatable bonds is 4. The first kappa shape index (κ1) is 18.6.